The molecule has 0 fully saturated rings. The third-order valence-electron chi connectivity index (χ3n) is 0.837. The average molecular weight is 206 g/mol. The molecular weight excluding hydrogens is 196 g/mol. The van der Waals surface area contributed by atoms with E-state index in [9.17, 15) is 14.4 Å². The monoisotopic (exact) mass is 206 g/mol. The Labute approximate surface area is 79.0 Å². The minimum atomic E-state index is -0.975. The predicted octanol–water partition coefficient (Wildman–Crippen LogP) is -1.03. The number of carbonyl (C=O) groups excluding carboxylic acids is 2. The van der Waals surface area contributed by atoms with Crippen LogP contribution in [-0.4, -0.2) is 34.4 Å². The predicted molar refractivity (Wildman–Crippen MR) is 46.9 cm³/mol. The van der Waals surface area contributed by atoms with E-state index in [0.717, 1.165) is 11.8 Å². The minimum Gasteiger partial charge on any atom is -0.481 e. The van der Waals surface area contributed by atoms with Gasteiger partial charge in [-0.2, -0.15) is 0 Å². The van der Waals surface area contributed by atoms with Crippen LogP contribution in [0.3, 0.4) is 0 Å². The molecule has 0 heterocycles. The summed E-state index contributed by atoms with van der Waals surface area (Å²) in [6, 6.07) is 0. The average Bonchev–Trinajstić information content (AvgIpc) is 2.00. The van der Waals surface area contributed by atoms with Crippen molar-refractivity contribution in [3.63, 3.8) is 0 Å². The molecular formula is C6H10N2O4S. The Bertz CT molecular complexity index is 219. The summed E-state index contributed by atoms with van der Waals surface area (Å²) in [7, 11) is 0. The molecule has 74 valence electrons. The summed E-state index contributed by atoms with van der Waals surface area (Å²) in [4.78, 5) is 31.1. The standard InChI is InChI=1S/C6H10N2O4S/c1-4(9)7-8-5(10)2-13-3-6(11)12/h2-3H2,1H3,(H,7,9)(H,8,10)(H,11,12). The minimum absolute atomic E-state index is 0.00653. The number of hydrogen-bond acceptors (Lipinski definition) is 4. The van der Waals surface area contributed by atoms with Gasteiger partial charge in [0, 0.05) is 6.92 Å². The zero-order valence-corrected chi connectivity index (χ0v) is 7.81. The van der Waals surface area contributed by atoms with E-state index >= 15 is 0 Å². The van der Waals surface area contributed by atoms with Crippen molar-refractivity contribution in [2.45, 2.75) is 6.92 Å². The van der Waals surface area contributed by atoms with Gasteiger partial charge < -0.3 is 5.11 Å². The Kier molecular flexibility index (Phi) is 5.69. The van der Waals surface area contributed by atoms with Crippen LogP contribution in [0.25, 0.3) is 0 Å². The Morgan fingerprint density at radius 2 is 1.85 bits per heavy atom. The Balaban J connectivity index is 3.41. The fraction of sp³-hybridized carbons (Fsp3) is 0.500. The number of carboxylic acids is 1. The molecule has 3 N–H and O–H groups in total. The van der Waals surface area contributed by atoms with Gasteiger partial charge in [-0.1, -0.05) is 0 Å². The van der Waals surface area contributed by atoms with Crippen molar-refractivity contribution in [2.24, 2.45) is 0 Å². The van der Waals surface area contributed by atoms with Gasteiger partial charge in [0.05, 0.1) is 11.5 Å². The second-order valence-electron chi connectivity index (χ2n) is 2.12. The second kappa shape index (κ2) is 6.30. The Morgan fingerprint density at radius 1 is 1.23 bits per heavy atom. The van der Waals surface area contributed by atoms with E-state index in [1.54, 1.807) is 0 Å². The summed E-state index contributed by atoms with van der Waals surface area (Å²) in [6.07, 6.45) is 0. The lowest BCUT2D eigenvalue weighted by atomic mass is 10.7. The summed E-state index contributed by atoms with van der Waals surface area (Å²) in [5.74, 6) is -1.91. The molecule has 13 heavy (non-hydrogen) atoms. The quantitative estimate of drug-likeness (QED) is 0.511. The van der Waals surface area contributed by atoms with Crippen molar-refractivity contribution < 1.29 is 19.5 Å². The summed E-state index contributed by atoms with van der Waals surface area (Å²) in [5, 5.41) is 8.22. The van der Waals surface area contributed by atoms with Crippen LogP contribution in [0.1, 0.15) is 6.92 Å². The maximum absolute atomic E-state index is 10.8. The van der Waals surface area contributed by atoms with Crippen LogP contribution in [0, 0.1) is 0 Å². The zero-order valence-electron chi connectivity index (χ0n) is 6.99. The summed E-state index contributed by atoms with van der Waals surface area (Å²) >= 11 is 0.958. The van der Waals surface area contributed by atoms with E-state index in [-0.39, 0.29) is 17.4 Å². The molecule has 0 rings (SSSR count). The van der Waals surface area contributed by atoms with E-state index < -0.39 is 11.9 Å². The molecule has 0 bridgehead atoms. The number of hydrazine groups is 1. The highest BCUT2D eigenvalue weighted by atomic mass is 32.2. The second-order valence-corrected chi connectivity index (χ2v) is 3.10. The van der Waals surface area contributed by atoms with Crippen molar-refractivity contribution in [3.05, 3.63) is 0 Å². The molecule has 7 heteroatoms. The fourth-order valence-corrected chi connectivity index (χ4v) is 0.959. The number of aliphatic carboxylic acids is 1. The highest BCUT2D eigenvalue weighted by Crippen LogP contribution is 1.97. The SMILES string of the molecule is CC(=O)NNC(=O)CSCC(=O)O. The Morgan fingerprint density at radius 3 is 2.31 bits per heavy atom. The number of carboxylic acid groups (broad SMARTS) is 1. The number of carbonyl (C=O) groups is 3. The van der Waals surface area contributed by atoms with Gasteiger partial charge in [-0.3, -0.25) is 25.2 Å². The number of nitrogens with one attached hydrogen (secondary N) is 2. The first-order valence-corrected chi connectivity index (χ1v) is 4.53. The molecule has 6 nitrogen and oxygen atoms in total. The number of rotatable bonds is 4. The van der Waals surface area contributed by atoms with Crippen LogP contribution in [0.5, 0.6) is 0 Å². The number of thioether (sulfide) groups is 1. The molecule has 0 unspecified atom stereocenters. The summed E-state index contributed by atoms with van der Waals surface area (Å²) < 4.78 is 0. The molecule has 0 aromatic carbocycles. The largest absolute Gasteiger partial charge is 0.481 e. The molecule has 0 saturated heterocycles. The lowest BCUT2D eigenvalue weighted by Gasteiger charge is -2.03. The van der Waals surface area contributed by atoms with Gasteiger partial charge in [0.25, 0.3) is 0 Å². The van der Waals surface area contributed by atoms with E-state index in [2.05, 4.69) is 10.9 Å². The Hall–Kier alpha value is -1.24. The van der Waals surface area contributed by atoms with Crippen LogP contribution in [-0.2, 0) is 14.4 Å². The lowest BCUT2D eigenvalue weighted by molar-refractivity contribution is -0.133. The first-order valence-electron chi connectivity index (χ1n) is 3.37. The first-order chi connectivity index (χ1) is 6.02. The van der Waals surface area contributed by atoms with Crippen LogP contribution >= 0.6 is 11.8 Å². The topological polar surface area (TPSA) is 95.5 Å². The summed E-state index contributed by atoms with van der Waals surface area (Å²) in [5.41, 5.74) is 4.19. The fourth-order valence-electron chi connectivity index (χ4n) is 0.425. The van der Waals surface area contributed by atoms with Crippen molar-refractivity contribution in [1.82, 2.24) is 10.9 Å². The zero-order chi connectivity index (χ0) is 10.3. The van der Waals surface area contributed by atoms with Crippen LogP contribution < -0.4 is 10.9 Å². The maximum atomic E-state index is 10.8. The first kappa shape index (κ1) is 11.8. The molecule has 0 aromatic rings. The van der Waals surface area contributed by atoms with E-state index in [1.807, 2.05) is 0 Å². The van der Waals surface area contributed by atoms with Gasteiger partial charge in [0.2, 0.25) is 11.8 Å². The van der Waals surface area contributed by atoms with Gasteiger partial charge in [-0.05, 0) is 0 Å². The van der Waals surface area contributed by atoms with Crippen LogP contribution in [0.2, 0.25) is 0 Å². The van der Waals surface area contributed by atoms with E-state index in [1.165, 1.54) is 6.92 Å². The highest BCUT2D eigenvalue weighted by Gasteiger charge is 2.03. The molecule has 0 radical (unpaired) electrons. The van der Waals surface area contributed by atoms with Gasteiger partial charge in [-0.25, -0.2) is 0 Å². The van der Waals surface area contributed by atoms with Crippen molar-refractivity contribution in [3.8, 4) is 0 Å². The lowest BCUT2D eigenvalue weighted by Crippen LogP contribution is -2.41. The van der Waals surface area contributed by atoms with Gasteiger partial charge in [-0.15, -0.1) is 11.8 Å². The van der Waals surface area contributed by atoms with Gasteiger partial charge in [0.15, 0.2) is 0 Å². The third kappa shape index (κ3) is 8.67. The van der Waals surface area contributed by atoms with Crippen molar-refractivity contribution >= 4 is 29.5 Å². The normalized spacial score (nSPS) is 9.00. The molecule has 2 amide bonds. The highest BCUT2D eigenvalue weighted by molar-refractivity contribution is 8.00. The molecule has 0 aliphatic heterocycles. The van der Waals surface area contributed by atoms with Crippen molar-refractivity contribution in [1.29, 1.82) is 0 Å². The molecule has 0 saturated carbocycles. The molecule has 0 aromatic heterocycles. The molecule has 0 atom stereocenters. The number of amides is 2. The molecule has 0 spiro atoms. The van der Waals surface area contributed by atoms with Crippen LogP contribution in [0.15, 0.2) is 0 Å². The van der Waals surface area contributed by atoms with E-state index in [0.29, 0.717) is 0 Å². The smallest absolute Gasteiger partial charge is 0.313 e. The third-order valence-corrected chi connectivity index (χ3v) is 1.75. The number of hydrogen-bond donors (Lipinski definition) is 3. The van der Waals surface area contributed by atoms with Crippen molar-refractivity contribution in [2.75, 3.05) is 11.5 Å². The van der Waals surface area contributed by atoms with E-state index in [4.69, 9.17) is 5.11 Å². The van der Waals surface area contributed by atoms with Gasteiger partial charge in [0.1, 0.15) is 0 Å². The van der Waals surface area contributed by atoms with Crippen LogP contribution in [0.4, 0.5) is 0 Å². The molecule has 0 aliphatic carbocycles. The van der Waals surface area contributed by atoms with Gasteiger partial charge >= 0.3 is 5.97 Å². The molecule has 0 aliphatic rings. The summed E-state index contributed by atoms with van der Waals surface area (Å²) in [6.45, 7) is 1.25. The maximum Gasteiger partial charge on any atom is 0.313 e.